The highest BCUT2D eigenvalue weighted by atomic mass is 19.4. The predicted octanol–water partition coefficient (Wildman–Crippen LogP) is 3.91. The number of carbonyl (C=O) groups is 1. The van der Waals surface area contributed by atoms with Gasteiger partial charge in [-0.15, -0.1) is 0 Å². The summed E-state index contributed by atoms with van der Waals surface area (Å²) in [6.45, 7) is 1.47. The summed E-state index contributed by atoms with van der Waals surface area (Å²) in [5, 5.41) is 0. The lowest BCUT2D eigenvalue weighted by molar-refractivity contribution is -0.137. The number of halogens is 3. The van der Waals surface area contributed by atoms with Gasteiger partial charge in [0.2, 0.25) is 5.91 Å². The van der Waals surface area contributed by atoms with Crippen LogP contribution in [0.1, 0.15) is 24.0 Å². The molecule has 1 aromatic heterocycles. The van der Waals surface area contributed by atoms with E-state index in [1.807, 2.05) is 29.2 Å². The first-order chi connectivity index (χ1) is 12.9. The van der Waals surface area contributed by atoms with E-state index in [0.717, 1.165) is 18.2 Å². The minimum absolute atomic E-state index is 0.0394. The second-order valence-electron chi connectivity index (χ2n) is 7.00. The van der Waals surface area contributed by atoms with Gasteiger partial charge >= 0.3 is 6.18 Å². The third-order valence-electron chi connectivity index (χ3n) is 5.39. The number of benzene rings is 1. The Balaban J connectivity index is 1.45. The van der Waals surface area contributed by atoms with Crippen LogP contribution < -0.4 is 9.80 Å². The molecule has 2 aliphatic heterocycles. The quantitative estimate of drug-likeness (QED) is 0.799. The van der Waals surface area contributed by atoms with E-state index in [2.05, 4.69) is 4.98 Å². The van der Waals surface area contributed by atoms with Gasteiger partial charge in [0, 0.05) is 37.4 Å². The molecule has 1 saturated heterocycles. The molecule has 0 spiro atoms. The van der Waals surface area contributed by atoms with Crippen molar-refractivity contribution in [3.63, 3.8) is 0 Å². The van der Waals surface area contributed by atoms with Crippen molar-refractivity contribution in [3.05, 3.63) is 53.7 Å². The van der Waals surface area contributed by atoms with E-state index < -0.39 is 11.7 Å². The Hall–Kier alpha value is -2.57. The fourth-order valence-electron chi connectivity index (χ4n) is 4.00. The molecule has 4 nitrogen and oxygen atoms in total. The van der Waals surface area contributed by atoms with Crippen LogP contribution >= 0.6 is 0 Å². The van der Waals surface area contributed by atoms with Crippen molar-refractivity contribution in [1.29, 1.82) is 0 Å². The van der Waals surface area contributed by atoms with Crippen molar-refractivity contribution >= 4 is 17.4 Å². The summed E-state index contributed by atoms with van der Waals surface area (Å²) in [5.74, 6) is -0.121. The van der Waals surface area contributed by atoms with Crippen molar-refractivity contribution in [1.82, 2.24) is 4.98 Å². The van der Waals surface area contributed by atoms with Crippen molar-refractivity contribution < 1.29 is 18.0 Å². The number of alkyl halides is 3. The molecule has 1 amide bonds. The lowest BCUT2D eigenvalue weighted by atomic mass is 9.95. The van der Waals surface area contributed by atoms with Gasteiger partial charge in [0.15, 0.2) is 0 Å². The zero-order valence-electron chi connectivity index (χ0n) is 14.7. The number of fused-ring (bicyclic) bond motifs is 1. The largest absolute Gasteiger partial charge is 0.419 e. The lowest BCUT2D eigenvalue weighted by Gasteiger charge is -2.35. The molecule has 1 aromatic carbocycles. The number of pyridine rings is 1. The van der Waals surface area contributed by atoms with Crippen LogP contribution in [0.3, 0.4) is 0 Å². The first kappa shape index (κ1) is 17.8. The maximum atomic E-state index is 13.2. The molecular formula is C20H20F3N3O. The normalized spacial score (nSPS) is 17.9. The molecule has 1 fully saturated rings. The Labute approximate surface area is 155 Å². The molecule has 0 radical (unpaired) electrons. The molecule has 142 valence electrons. The third-order valence-corrected chi connectivity index (χ3v) is 5.39. The van der Waals surface area contributed by atoms with E-state index in [1.165, 1.54) is 17.8 Å². The number of piperidine rings is 1. The number of carbonyl (C=O) groups excluding carboxylic acids is 1. The molecule has 0 N–H and O–H groups in total. The van der Waals surface area contributed by atoms with Gasteiger partial charge < -0.3 is 9.80 Å². The summed E-state index contributed by atoms with van der Waals surface area (Å²) in [6, 6.07) is 10.2. The number of para-hydroxylation sites is 1. The van der Waals surface area contributed by atoms with Crippen LogP contribution in [-0.4, -0.2) is 30.5 Å². The maximum absolute atomic E-state index is 13.2. The second kappa shape index (κ2) is 6.87. The molecule has 0 bridgehead atoms. The van der Waals surface area contributed by atoms with Crippen molar-refractivity contribution in [3.8, 4) is 0 Å². The Morgan fingerprint density at radius 2 is 1.78 bits per heavy atom. The smallest absolute Gasteiger partial charge is 0.356 e. The van der Waals surface area contributed by atoms with Gasteiger partial charge in [-0.25, -0.2) is 4.98 Å². The third kappa shape index (κ3) is 3.38. The van der Waals surface area contributed by atoms with Crippen LogP contribution in [0.5, 0.6) is 0 Å². The zero-order valence-corrected chi connectivity index (χ0v) is 14.7. The van der Waals surface area contributed by atoms with Crippen LogP contribution in [0.4, 0.5) is 24.7 Å². The number of hydrogen-bond donors (Lipinski definition) is 0. The monoisotopic (exact) mass is 375 g/mol. The topological polar surface area (TPSA) is 36.4 Å². The SMILES string of the molecule is O=C(C1CCN(c2ncccc2C(F)(F)F)CC1)N1CCc2ccccc21. The summed E-state index contributed by atoms with van der Waals surface area (Å²) in [5.41, 5.74) is 1.42. The Morgan fingerprint density at radius 3 is 2.52 bits per heavy atom. The van der Waals surface area contributed by atoms with Crippen LogP contribution in [0.2, 0.25) is 0 Å². The summed E-state index contributed by atoms with van der Waals surface area (Å²) < 4.78 is 39.7. The summed E-state index contributed by atoms with van der Waals surface area (Å²) in [7, 11) is 0. The van der Waals surface area contributed by atoms with Crippen LogP contribution in [0, 0.1) is 5.92 Å². The number of anilines is 2. The zero-order chi connectivity index (χ0) is 19.0. The average molecular weight is 375 g/mol. The van der Waals surface area contributed by atoms with Gasteiger partial charge in [-0.05, 0) is 43.0 Å². The molecule has 27 heavy (non-hydrogen) atoms. The van der Waals surface area contributed by atoms with Crippen molar-refractivity contribution in [2.24, 2.45) is 5.92 Å². The summed E-state index contributed by atoms with van der Waals surface area (Å²) >= 11 is 0. The molecule has 0 atom stereocenters. The first-order valence-electron chi connectivity index (χ1n) is 9.11. The highest BCUT2D eigenvalue weighted by molar-refractivity contribution is 5.97. The van der Waals surface area contributed by atoms with E-state index in [1.54, 1.807) is 4.90 Å². The molecule has 2 aliphatic rings. The molecule has 3 heterocycles. The number of aromatic nitrogens is 1. The number of rotatable bonds is 2. The fraction of sp³-hybridized carbons (Fsp3) is 0.400. The predicted molar refractivity (Wildman–Crippen MR) is 96.7 cm³/mol. The van der Waals surface area contributed by atoms with E-state index >= 15 is 0 Å². The van der Waals surface area contributed by atoms with Gasteiger partial charge in [-0.2, -0.15) is 13.2 Å². The Kier molecular flexibility index (Phi) is 4.53. The van der Waals surface area contributed by atoms with Gasteiger partial charge in [0.25, 0.3) is 0 Å². The van der Waals surface area contributed by atoms with Gasteiger partial charge in [-0.3, -0.25) is 4.79 Å². The molecule has 0 saturated carbocycles. The average Bonchev–Trinajstić information content (AvgIpc) is 3.11. The summed E-state index contributed by atoms with van der Waals surface area (Å²) in [6.07, 6.45) is -1.14. The van der Waals surface area contributed by atoms with Crippen LogP contribution in [0.15, 0.2) is 42.6 Å². The van der Waals surface area contributed by atoms with Gasteiger partial charge in [-0.1, -0.05) is 18.2 Å². The standard InChI is InChI=1S/C20H20F3N3O/c21-20(22,23)16-5-3-10-24-18(16)25-11-7-15(8-12-25)19(27)26-13-9-14-4-1-2-6-17(14)26/h1-6,10,15H,7-9,11-13H2. The molecule has 4 rings (SSSR count). The number of hydrogen-bond acceptors (Lipinski definition) is 3. The van der Waals surface area contributed by atoms with E-state index in [-0.39, 0.29) is 17.6 Å². The number of nitrogens with zero attached hydrogens (tertiary/aromatic N) is 3. The molecule has 2 aromatic rings. The molecule has 0 aliphatic carbocycles. The fourth-order valence-corrected chi connectivity index (χ4v) is 4.00. The lowest BCUT2D eigenvalue weighted by Crippen LogP contribution is -2.43. The molecule has 0 unspecified atom stereocenters. The van der Waals surface area contributed by atoms with E-state index in [0.29, 0.717) is 32.5 Å². The van der Waals surface area contributed by atoms with E-state index in [9.17, 15) is 18.0 Å². The van der Waals surface area contributed by atoms with Crippen LogP contribution in [-0.2, 0) is 17.4 Å². The molecule has 7 heteroatoms. The minimum Gasteiger partial charge on any atom is -0.356 e. The van der Waals surface area contributed by atoms with Gasteiger partial charge in [0.05, 0.1) is 5.56 Å². The Bertz CT molecular complexity index is 844. The Morgan fingerprint density at radius 1 is 1.04 bits per heavy atom. The van der Waals surface area contributed by atoms with Gasteiger partial charge in [0.1, 0.15) is 5.82 Å². The maximum Gasteiger partial charge on any atom is 0.419 e. The highest BCUT2D eigenvalue weighted by Crippen LogP contribution is 2.37. The van der Waals surface area contributed by atoms with Crippen molar-refractivity contribution in [2.75, 3.05) is 29.4 Å². The highest BCUT2D eigenvalue weighted by Gasteiger charge is 2.38. The summed E-state index contributed by atoms with van der Waals surface area (Å²) in [4.78, 5) is 20.4. The second-order valence-corrected chi connectivity index (χ2v) is 7.00. The van der Waals surface area contributed by atoms with Crippen molar-refractivity contribution in [2.45, 2.75) is 25.4 Å². The molecular weight excluding hydrogens is 355 g/mol. The van der Waals surface area contributed by atoms with E-state index in [4.69, 9.17) is 0 Å². The first-order valence-corrected chi connectivity index (χ1v) is 9.11. The minimum atomic E-state index is -4.43. The van der Waals surface area contributed by atoms with Crippen LogP contribution in [0.25, 0.3) is 0 Å². The number of amides is 1.